The Kier molecular flexibility index (Phi) is 6.63. The van der Waals surface area contributed by atoms with Crippen LogP contribution in [0.25, 0.3) is 0 Å². The van der Waals surface area contributed by atoms with Crippen LogP contribution in [0.4, 0.5) is 0 Å². The third kappa shape index (κ3) is 4.61. The lowest BCUT2D eigenvalue weighted by molar-refractivity contribution is -0.126. The molecule has 0 unspecified atom stereocenters. The maximum atomic E-state index is 13.1. The van der Waals surface area contributed by atoms with Crippen LogP contribution in [0.2, 0.25) is 0 Å². The Morgan fingerprint density at radius 2 is 1.72 bits per heavy atom. The van der Waals surface area contributed by atoms with E-state index in [-0.39, 0.29) is 11.8 Å². The van der Waals surface area contributed by atoms with Gasteiger partial charge in [-0.15, -0.1) is 0 Å². The van der Waals surface area contributed by atoms with Gasteiger partial charge in [0.05, 0.1) is 4.90 Å². The maximum absolute atomic E-state index is 13.1. The zero-order valence-corrected chi connectivity index (χ0v) is 16.6. The van der Waals surface area contributed by atoms with E-state index in [1.54, 1.807) is 0 Å². The number of nitrogens with zero attached hydrogens (tertiary/aromatic N) is 1. The van der Waals surface area contributed by atoms with Crippen molar-refractivity contribution >= 4 is 15.9 Å². The lowest BCUT2D eigenvalue weighted by atomic mass is 9.97. The summed E-state index contributed by atoms with van der Waals surface area (Å²) in [5.41, 5.74) is 2.64. The van der Waals surface area contributed by atoms with Crippen LogP contribution in [-0.2, 0) is 14.8 Å². The highest BCUT2D eigenvalue weighted by Gasteiger charge is 2.33. The van der Waals surface area contributed by atoms with Gasteiger partial charge in [-0.3, -0.25) is 4.79 Å². The van der Waals surface area contributed by atoms with E-state index < -0.39 is 10.0 Å². The standard InChI is InChI=1S/C19H30N2O3S/c1-5-6-9-20-19(22)17-7-10-21(11-8-17)25(23,24)18-15(3)12-14(2)13-16(18)4/h12-13,17H,5-11H2,1-4H3,(H,20,22). The lowest BCUT2D eigenvalue weighted by Crippen LogP contribution is -2.43. The molecule has 2 rings (SSSR count). The predicted molar refractivity (Wildman–Crippen MR) is 100 cm³/mol. The molecule has 6 heteroatoms. The number of hydrogen-bond acceptors (Lipinski definition) is 3. The van der Waals surface area contributed by atoms with E-state index in [0.29, 0.717) is 37.4 Å². The number of rotatable bonds is 6. The Morgan fingerprint density at radius 1 is 1.16 bits per heavy atom. The molecule has 1 aliphatic rings. The zero-order chi connectivity index (χ0) is 18.6. The highest BCUT2D eigenvalue weighted by Crippen LogP contribution is 2.28. The minimum Gasteiger partial charge on any atom is -0.356 e. The molecule has 0 atom stereocenters. The number of carbonyl (C=O) groups excluding carboxylic acids is 1. The molecular weight excluding hydrogens is 336 g/mol. The first-order chi connectivity index (χ1) is 11.8. The third-order valence-corrected chi connectivity index (χ3v) is 7.06. The number of unbranched alkanes of at least 4 members (excludes halogenated alkanes) is 1. The molecule has 1 saturated heterocycles. The van der Waals surface area contributed by atoms with Gasteiger partial charge in [0.15, 0.2) is 0 Å². The second-order valence-electron chi connectivity index (χ2n) is 7.05. The largest absolute Gasteiger partial charge is 0.356 e. The zero-order valence-electron chi connectivity index (χ0n) is 15.8. The number of benzene rings is 1. The second-order valence-corrected chi connectivity index (χ2v) is 8.93. The Balaban J connectivity index is 2.06. The topological polar surface area (TPSA) is 66.5 Å². The summed E-state index contributed by atoms with van der Waals surface area (Å²) in [5, 5.41) is 2.96. The van der Waals surface area contributed by atoms with Crippen molar-refractivity contribution in [3.05, 3.63) is 28.8 Å². The van der Waals surface area contributed by atoms with E-state index in [0.717, 1.165) is 29.5 Å². The fraction of sp³-hybridized carbons (Fsp3) is 0.632. The molecule has 1 N–H and O–H groups in total. The van der Waals surface area contributed by atoms with Crippen molar-refractivity contribution in [1.29, 1.82) is 0 Å². The SMILES string of the molecule is CCCCNC(=O)C1CCN(S(=O)(=O)c2c(C)cc(C)cc2C)CC1. The molecule has 140 valence electrons. The first kappa shape index (κ1) is 19.9. The molecule has 1 fully saturated rings. The summed E-state index contributed by atoms with van der Waals surface area (Å²) in [6, 6.07) is 3.82. The Morgan fingerprint density at radius 3 is 2.24 bits per heavy atom. The molecule has 25 heavy (non-hydrogen) atoms. The molecule has 5 nitrogen and oxygen atoms in total. The number of piperidine rings is 1. The molecule has 1 aliphatic heterocycles. The van der Waals surface area contributed by atoms with Crippen molar-refractivity contribution in [3.63, 3.8) is 0 Å². The van der Waals surface area contributed by atoms with Gasteiger partial charge in [-0.2, -0.15) is 4.31 Å². The van der Waals surface area contributed by atoms with Crippen LogP contribution in [0.15, 0.2) is 17.0 Å². The number of hydrogen-bond donors (Lipinski definition) is 1. The average Bonchev–Trinajstić information content (AvgIpc) is 2.54. The summed E-state index contributed by atoms with van der Waals surface area (Å²) in [5.74, 6) is -0.0169. The van der Waals surface area contributed by atoms with Crippen LogP contribution >= 0.6 is 0 Å². The van der Waals surface area contributed by atoms with E-state index in [4.69, 9.17) is 0 Å². The summed E-state index contributed by atoms with van der Waals surface area (Å²) in [7, 11) is -3.51. The summed E-state index contributed by atoms with van der Waals surface area (Å²) >= 11 is 0. The van der Waals surface area contributed by atoms with Gasteiger partial charge in [0, 0.05) is 25.6 Å². The van der Waals surface area contributed by atoms with Gasteiger partial charge in [0.2, 0.25) is 15.9 Å². The molecule has 0 bridgehead atoms. The van der Waals surface area contributed by atoms with E-state index >= 15 is 0 Å². The monoisotopic (exact) mass is 366 g/mol. The molecule has 0 aliphatic carbocycles. The number of aryl methyl sites for hydroxylation is 3. The number of amides is 1. The summed E-state index contributed by atoms with van der Waals surface area (Å²) in [6.07, 6.45) is 3.19. The van der Waals surface area contributed by atoms with E-state index in [1.807, 2.05) is 32.9 Å². The van der Waals surface area contributed by atoms with Crippen LogP contribution in [-0.4, -0.2) is 38.3 Å². The number of carbonyl (C=O) groups is 1. The van der Waals surface area contributed by atoms with Crippen molar-refractivity contribution < 1.29 is 13.2 Å². The summed E-state index contributed by atoms with van der Waals surface area (Å²) in [4.78, 5) is 12.6. The minimum atomic E-state index is -3.51. The number of nitrogens with one attached hydrogen (secondary N) is 1. The Labute approximate surface area is 151 Å². The first-order valence-electron chi connectivity index (χ1n) is 9.13. The molecule has 1 amide bonds. The highest BCUT2D eigenvalue weighted by atomic mass is 32.2. The molecular formula is C19H30N2O3S. The van der Waals surface area contributed by atoms with Crippen molar-refractivity contribution in [1.82, 2.24) is 9.62 Å². The molecule has 1 aromatic rings. The quantitative estimate of drug-likeness (QED) is 0.787. The van der Waals surface area contributed by atoms with Gasteiger partial charge in [0.25, 0.3) is 0 Å². The van der Waals surface area contributed by atoms with Crippen LogP contribution in [0.5, 0.6) is 0 Å². The van der Waals surface area contributed by atoms with Gasteiger partial charge in [-0.1, -0.05) is 31.0 Å². The van der Waals surface area contributed by atoms with Crippen molar-refractivity contribution in [2.75, 3.05) is 19.6 Å². The Bertz CT molecular complexity index is 697. The predicted octanol–water partition coefficient (Wildman–Crippen LogP) is 2.93. The normalized spacial score (nSPS) is 16.8. The van der Waals surface area contributed by atoms with E-state index in [9.17, 15) is 13.2 Å². The van der Waals surface area contributed by atoms with E-state index in [1.165, 1.54) is 4.31 Å². The van der Waals surface area contributed by atoms with Crippen molar-refractivity contribution in [2.45, 2.75) is 58.3 Å². The average molecular weight is 367 g/mol. The molecule has 0 aromatic heterocycles. The second kappa shape index (κ2) is 8.32. The van der Waals surface area contributed by atoms with Crippen LogP contribution in [0, 0.1) is 26.7 Å². The first-order valence-corrected chi connectivity index (χ1v) is 10.6. The third-order valence-electron chi connectivity index (χ3n) is 4.86. The minimum absolute atomic E-state index is 0.0631. The smallest absolute Gasteiger partial charge is 0.243 e. The van der Waals surface area contributed by atoms with Crippen LogP contribution < -0.4 is 5.32 Å². The molecule has 0 saturated carbocycles. The van der Waals surface area contributed by atoms with Gasteiger partial charge in [0.1, 0.15) is 0 Å². The van der Waals surface area contributed by atoms with Gasteiger partial charge in [-0.05, 0) is 51.2 Å². The molecule has 0 radical (unpaired) electrons. The summed E-state index contributed by atoms with van der Waals surface area (Å²) < 4.78 is 27.6. The molecule has 1 aromatic carbocycles. The molecule has 1 heterocycles. The summed E-state index contributed by atoms with van der Waals surface area (Å²) in [6.45, 7) is 9.27. The van der Waals surface area contributed by atoms with Gasteiger partial charge >= 0.3 is 0 Å². The fourth-order valence-electron chi connectivity index (χ4n) is 3.59. The van der Waals surface area contributed by atoms with E-state index in [2.05, 4.69) is 12.2 Å². The lowest BCUT2D eigenvalue weighted by Gasteiger charge is -2.31. The highest BCUT2D eigenvalue weighted by molar-refractivity contribution is 7.89. The van der Waals surface area contributed by atoms with Gasteiger partial charge in [-0.25, -0.2) is 8.42 Å². The van der Waals surface area contributed by atoms with Crippen molar-refractivity contribution in [2.24, 2.45) is 5.92 Å². The fourth-order valence-corrected chi connectivity index (χ4v) is 5.48. The Hall–Kier alpha value is -1.40. The van der Waals surface area contributed by atoms with Gasteiger partial charge < -0.3 is 5.32 Å². The van der Waals surface area contributed by atoms with Crippen LogP contribution in [0.3, 0.4) is 0 Å². The maximum Gasteiger partial charge on any atom is 0.243 e. The van der Waals surface area contributed by atoms with Crippen molar-refractivity contribution in [3.8, 4) is 0 Å². The number of sulfonamides is 1. The van der Waals surface area contributed by atoms with Crippen LogP contribution in [0.1, 0.15) is 49.3 Å². The molecule has 0 spiro atoms.